The minimum absolute atomic E-state index is 0.692. The van der Waals surface area contributed by atoms with Crippen molar-refractivity contribution in [3.8, 4) is 11.5 Å². The summed E-state index contributed by atoms with van der Waals surface area (Å²) in [6.07, 6.45) is 0.835. The van der Waals surface area contributed by atoms with Gasteiger partial charge in [0.15, 0.2) is 16.6 Å². The fourth-order valence-electron chi connectivity index (χ4n) is 1.89. The summed E-state index contributed by atoms with van der Waals surface area (Å²) in [6, 6.07) is 3.90. The van der Waals surface area contributed by atoms with E-state index in [1.165, 1.54) is 4.90 Å². The SMILES string of the molecule is COc1cc(Br)c(CCNC(=S)NCC[NH+](C)C)cc1OC. The quantitative estimate of drug-likeness (QED) is 0.568. The minimum atomic E-state index is 0.692. The van der Waals surface area contributed by atoms with Crippen LogP contribution >= 0.6 is 28.1 Å². The summed E-state index contributed by atoms with van der Waals surface area (Å²) in [4.78, 5) is 1.39. The summed E-state index contributed by atoms with van der Waals surface area (Å²) in [5.74, 6) is 1.45. The highest BCUT2D eigenvalue weighted by Gasteiger charge is 2.09. The normalized spacial score (nSPS) is 10.5. The lowest BCUT2D eigenvalue weighted by atomic mass is 10.1. The molecule has 1 aromatic rings. The number of hydrogen-bond acceptors (Lipinski definition) is 3. The Bertz CT molecular complexity index is 498. The lowest BCUT2D eigenvalue weighted by Gasteiger charge is -2.14. The molecule has 0 heterocycles. The van der Waals surface area contributed by atoms with Gasteiger partial charge in [-0.1, -0.05) is 15.9 Å². The minimum Gasteiger partial charge on any atom is -0.493 e. The van der Waals surface area contributed by atoms with Crippen LogP contribution in [0.25, 0.3) is 0 Å². The van der Waals surface area contributed by atoms with Gasteiger partial charge in [0.1, 0.15) is 0 Å². The molecule has 0 aliphatic heterocycles. The van der Waals surface area contributed by atoms with Crippen LogP contribution in [0.5, 0.6) is 11.5 Å². The second-order valence-corrected chi connectivity index (χ2v) is 6.45. The molecule has 0 saturated heterocycles. The van der Waals surface area contributed by atoms with E-state index in [1.54, 1.807) is 14.2 Å². The number of methoxy groups -OCH3 is 2. The number of thiocarbonyl (C=S) groups is 1. The first-order valence-electron chi connectivity index (χ1n) is 7.19. The summed E-state index contributed by atoms with van der Waals surface area (Å²) < 4.78 is 11.6. The molecule has 0 aliphatic carbocycles. The molecule has 0 bridgehead atoms. The van der Waals surface area contributed by atoms with Crippen molar-refractivity contribution in [3.63, 3.8) is 0 Å². The molecule has 5 nitrogen and oxygen atoms in total. The van der Waals surface area contributed by atoms with E-state index in [2.05, 4.69) is 40.7 Å². The summed E-state index contributed by atoms with van der Waals surface area (Å²) in [7, 11) is 7.50. The molecule has 124 valence electrons. The van der Waals surface area contributed by atoms with Crippen LogP contribution in [0.3, 0.4) is 0 Å². The molecule has 0 aliphatic rings. The second kappa shape index (κ2) is 9.86. The van der Waals surface area contributed by atoms with Crippen LogP contribution in [-0.4, -0.2) is 53.1 Å². The largest absolute Gasteiger partial charge is 0.493 e. The van der Waals surface area contributed by atoms with E-state index in [0.29, 0.717) is 5.11 Å². The van der Waals surface area contributed by atoms with Crippen LogP contribution in [-0.2, 0) is 6.42 Å². The smallest absolute Gasteiger partial charge is 0.166 e. The number of ether oxygens (including phenoxy) is 2. The number of hydrogen-bond donors (Lipinski definition) is 3. The standard InChI is InChI=1S/C15H24BrN3O2S/c1-19(2)8-7-18-15(22)17-6-5-11-9-13(20-3)14(21-4)10-12(11)16/h9-10H,5-8H2,1-4H3,(H2,17,18,22)/p+1. The molecular weight excluding hydrogens is 366 g/mol. The molecule has 0 saturated carbocycles. The zero-order valence-electron chi connectivity index (χ0n) is 13.6. The highest BCUT2D eigenvalue weighted by atomic mass is 79.9. The Morgan fingerprint density at radius 1 is 1.14 bits per heavy atom. The van der Waals surface area contributed by atoms with Gasteiger partial charge >= 0.3 is 0 Å². The second-order valence-electron chi connectivity index (χ2n) is 5.19. The fourth-order valence-corrected chi connectivity index (χ4v) is 2.61. The molecule has 0 radical (unpaired) electrons. The van der Waals surface area contributed by atoms with Crippen LogP contribution in [0.2, 0.25) is 0 Å². The maximum atomic E-state index is 5.33. The predicted molar refractivity (Wildman–Crippen MR) is 97.2 cm³/mol. The molecule has 3 N–H and O–H groups in total. The Morgan fingerprint density at radius 2 is 1.73 bits per heavy atom. The van der Waals surface area contributed by atoms with Gasteiger partial charge in [-0.05, 0) is 36.3 Å². The third-order valence-electron chi connectivity index (χ3n) is 3.14. The van der Waals surface area contributed by atoms with Gasteiger partial charge in [-0.25, -0.2) is 0 Å². The summed E-state index contributed by atoms with van der Waals surface area (Å²) in [6.45, 7) is 2.66. The van der Waals surface area contributed by atoms with Crippen molar-refractivity contribution >= 4 is 33.3 Å². The zero-order chi connectivity index (χ0) is 16.5. The molecule has 22 heavy (non-hydrogen) atoms. The lowest BCUT2D eigenvalue weighted by Crippen LogP contribution is -3.06. The van der Waals surface area contributed by atoms with E-state index in [0.717, 1.165) is 47.6 Å². The third-order valence-corrected chi connectivity index (χ3v) is 4.17. The van der Waals surface area contributed by atoms with Crippen molar-refractivity contribution in [1.82, 2.24) is 10.6 Å². The van der Waals surface area contributed by atoms with E-state index < -0.39 is 0 Å². The Hall–Kier alpha value is -1.05. The molecule has 1 aromatic carbocycles. The average Bonchev–Trinajstić information content (AvgIpc) is 2.48. The topological polar surface area (TPSA) is 47.0 Å². The Kier molecular flexibility index (Phi) is 8.52. The monoisotopic (exact) mass is 390 g/mol. The van der Waals surface area contributed by atoms with Crippen molar-refractivity contribution in [2.75, 3.05) is 47.9 Å². The zero-order valence-corrected chi connectivity index (χ0v) is 16.0. The fraction of sp³-hybridized carbons (Fsp3) is 0.533. The first-order valence-corrected chi connectivity index (χ1v) is 8.39. The van der Waals surface area contributed by atoms with Crippen LogP contribution < -0.4 is 25.0 Å². The molecule has 0 fully saturated rings. The summed E-state index contributed by atoms with van der Waals surface area (Å²) >= 11 is 8.82. The third kappa shape index (κ3) is 6.37. The van der Waals surface area contributed by atoms with Crippen molar-refractivity contribution in [1.29, 1.82) is 0 Å². The molecular formula is C15H25BrN3O2S+. The van der Waals surface area contributed by atoms with Gasteiger partial charge in [0.05, 0.1) is 41.4 Å². The van der Waals surface area contributed by atoms with E-state index >= 15 is 0 Å². The van der Waals surface area contributed by atoms with Crippen molar-refractivity contribution in [3.05, 3.63) is 22.2 Å². The Labute approximate surface area is 146 Å². The molecule has 0 atom stereocenters. The number of benzene rings is 1. The van der Waals surface area contributed by atoms with Crippen LogP contribution in [0, 0.1) is 0 Å². The number of rotatable bonds is 8. The highest BCUT2D eigenvalue weighted by molar-refractivity contribution is 9.10. The molecule has 0 spiro atoms. The molecule has 7 heteroatoms. The number of quaternary nitrogens is 1. The van der Waals surface area contributed by atoms with Gasteiger partial charge in [-0.2, -0.15) is 0 Å². The first kappa shape index (κ1) is 19.0. The average molecular weight is 391 g/mol. The molecule has 0 amide bonds. The molecule has 0 unspecified atom stereocenters. The number of nitrogens with one attached hydrogen (secondary N) is 3. The van der Waals surface area contributed by atoms with Gasteiger partial charge in [-0.15, -0.1) is 0 Å². The van der Waals surface area contributed by atoms with Crippen molar-refractivity contribution < 1.29 is 14.4 Å². The van der Waals surface area contributed by atoms with Gasteiger partial charge < -0.3 is 25.0 Å². The van der Waals surface area contributed by atoms with Crippen molar-refractivity contribution in [2.45, 2.75) is 6.42 Å². The predicted octanol–water partition coefficient (Wildman–Crippen LogP) is 0.617. The van der Waals surface area contributed by atoms with Gasteiger partial charge in [0.2, 0.25) is 0 Å². The first-order chi connectivity index (χ1) is 10.5. The molecule has 1 rings (SSSR count). The van der Waals surface area contributed by atoms with Gasteiger partial charge in [-0.3, -0.25) is 0 Å². The maximum absolute atomic E-state index is 5.33. The van der Waals surface area contributed by atoms with E-state index in [1.807, 2.05) is 12.1 Å². The Morgan fingerprint density at radius 3 is 2.32 bits per heavy atom. The van der Waals surface area contributed by atoms with Crippen LogP contribution in [0.15, 0.2) is 16.6 Å². The summed E-state index contributed by atoms with van der Waals surface area (Å²) in [5, 5.41) is 7.11. The number of likely N-dealkylation sites (N-methyl/N-ethyl adjacent to an activating group) is 1. The van der Waals surface area contributed by atoms with E-state index in [9.17, 15) is 0 Å². The van der Waals surface area contributed by atoms with Gasteiger partial charge in [0, 0.05) is 11.0 Å². The van der Waals surface area contributed by atoms with E-state index in [-0.39, 0.29) is 0 Å². The maximum Gasteiger partial charge on any atom is 0.166 e. The van der Waals surface area contributed by atoms with Gasteiger partial charge in [0.25, 0.3) is 0 Å². The Balaban J connectivity index is 2.46. The van der Waals surface area contributed by atoms with Crippen molar-refractivity contribution in [2.24, 2.45) is 0 Å². The number of halogens is 1. The molecule has 0 aromatic heterocycles. The van der Waals surface area contributed by atoms with Crippen LogP contribution in [0.4, 0.5) is 0 Å². The van der Waals surface area contributed by atoms with E-state index in [4.69, 9.17) is 21.7 Å². The summed E-state index contributed by atoms with van der Waals surface area (Å²) in [5.41, 5.74) is 1.14. The highest BCUT2D eigenvalue weighted by Crippen LogP contribution is 2.33. The lowest BCUT2D eigenvalue weighted by molar-refractivity contribution is -0.856. The van der Waals surface area contributed by atoms with Crippen LogP contribution in [0.1, 0.15) is 5.56 Å².